The Morgan fingerprint density at radius 1 is 1.32 bits per heavy atom. The van der Waals surface area contributed by atoms with E-state index in [1.165, 1.54) is 0 Å². The van der Waals surface area contributed by atoms with Gasteiger partial charge in [-0.1, -0.05) is 29.8 Å². The standard InChI is InChI=1S/C14H13ClN2OS/c1-10(13-3-2-8-19-13)16-17-14(18)9-11-4-6-12(15)7-5-11/h2-8H,9H2,1H3,(H,17,18)/b16-10+. The first kappa shape index (κ1) is 13.8. The Morgan fingerprint density at radius 3 is 2.68 bits per heavy atom. The number of hydrazone groups is 1. The fourth-order valence-corrected chi connectivity index (χ4v) is 2.32. The van der Waals surface area contributed by atoms with Gasteiger partial charge < -0.3 is 0 Å². The van der Waals surface area contributed by atoms with Gasteiger partial charge >= 0.3 is 0 Å². The zero-order chi connectivity index (χ0) is 13.7. The molecule has 1 N–H and O–H groups in total. The number of benzene rings is 1. The SMILES string of the molecule is C/C(=N\NC(=O)Cc1ccc(Cl)cc1)c1cccs1. The molecular weight excluding hydrogens is 280 g/mol. The van der Waals surface area contributed by atoms with Gasteiger partial charge in [-0.3, -0.25) is 4.79 Å². The monoisotopic (exact) mass is 292 g/mol. The first-order chi connectivity index (χ1) is 9.15. The number of carbonyl (C=O) groups is 1. The second-order valence-corrected chi connectivity index (χ2v) is 5.40. The lowest BCUT2D eigenvalue weighted by molar-refractivity contribution is -0.120. The topological polar surface area (TPSA) is 41.5 Å². The van der Waals surface area contributed by atoms with Crippen molar-refractivity contribution in [3.63, 3.8) is 0 Å². The Kier molecular flexibility index (Phi) is 4.71. The number of halogens is 1. The molecule has 2 aromatic rings. The van der Waals surface area contributed by atoms with Gasteiger partial charge in [0, 0.05) is 9.90 Å². The molecule has 0 bridgehead atoms. The van der Waals surface area contributed by atoms with Gasteiger partial charge in [-0.25, -0.2) is 5.43 Å². The number of amides is 1. The first-order valence-corrected chi connectivity index (χ1v) is 7.02. The summed E-state index contributed by atoms with van der Waals surface area (Å²) in [6.07, 6.45) is 0.290. The van der Waals surface area contributed by atoms with Crippen molar-refractivity contribution >= 4 is 34.6 Å². The molecule has 1 aromatic carbocycles. The maximum atomic E-state index is 11.7. The number of hydrogen-bond acceptors (Lipinski definition) is 3. The Labute approximate surface area is 120 Å². The highest BCUT2D eigenvalue weighted by molar-refractivity contribution is 7.12. The number of thiophene rings is 1. The Morgan fingerprint density at radius 2 is 2.05 bits per heavy atom. The summed E-state index contributed by atoms with van der Waals surface area (Å²) in [6.45, 7) is 1.87. The summed E-state index contributed by atoms with van der Waals surface area (Å²) in [5, 5.41) is 6.72. The zero-order valence-corrected chi connectivity index (χ0v) is 12.0. The summed E-state index contributed by atoms with van der Waals surface area (Å²) < 4.78 is 0. The van der Waals surface area contributed by atoms with E-state index in [-0.39, 0.29) is 5.91 Å². The maximum Gasteiger partial charge on any atom is 0.244 e. The van der Waals surface area contributed by atoms with Crippen molar-refractivity contribution in [3.05, 3.63) is 57.2 Å². The molecule has 0 aliphatic rings. The molecule has 2 rings (SSSR count). The largest absolute Gasteiger partial charge is 0.273 e. The first-order valence-electron chi connectivity index (χ1n) is 5.76. The van der Waals surface area contributed by atoms with Crippen LogP contribution in [0.1, 0.15) is 17.4 Å². The van der Waals surface area contributed by atoms with Crippen LogP contribution in [0.15, 0.2) is 46.9 Å². The molecule has 0 unspecified atom stereocenters. The van der Waals surface area contributed by atoms with Gasteiger partial charge in [0.25, 0.3) is 0 Å². The highest BCUT2D eigenvalue weighted by atomic mass is 35.5. The average molecular weight is 293 g/mol. The van der Waals surface area contributed by atoms with Gasteiger partial charge in [-0.15, -0.1) is 11.3 Å². The average Bonchev–Trinajstić information content (AvgIpc) is 2.93. The lowest BCUT2D eigenvalue weighted by Gasteiger charge is -2.02. The fourth-order valence-electron chi connectivity index (χ4n) is 1.51. The van der Waals surface area contributed by atoms with Crippen LogP contribution >= 0.6 is 22.9 Å². The maximum absolute atomic E-state index is 11.7. The molecule has 3 nitrogen and oxygen atoms in total. The summed E-state index contributed by atoms with van der Waals surface area (Å²) in [5.74, 6) is -0.141. The van der Waals surface area contributed by atoms with Gasteiger partial charge in [0.15, 0.2) is 0 Å². The molecular formula is C14H13ClN2OS. The number of carbonyl (C=O) groups excluding carboxylic acids is 1. The highest BCUT2D eigenvalue weighted by Crippen LogP contribution is 2.10. The van der Waals surface area contributed by atoms with Gasteiger partial charge in [-0.05, 0) is 36.1 Å². The second-order valence-electron chi connectivity index (χ2n) is 4.01. The number of nitrogens with one attached hydrogen (secondary N) is 1. The summed E-state index contributed by atoms with van der Waals surface area (Å²) in [6, 6.07) is 11.1. The van der Waals surface area contributed by atoms with Crippen LogP contribution in [-0.4, -0.2) is 11.6 Å². The predicted octanol–water partition coefficient (Wildman–Crippen LogP) is 3.48. The van der Waals surface area contributed by atoms with E-state index in [0.29, 0.717) is 11.4 Å². The van der Waals surface area contributed by atoms with E-state index in [4.69, 9.17) is 11.6 Å². The van der Waals surface area contributed by atoms with E-state index >= 15 is 0 Å². The molecule has 19 heavy (non-hydrogen) atoms. The normalized spacial score (nSPS) is 11.4. The minimum absolute atomic E-state index is 0.141. The van der Waals surface area contributed by atoms with Crippen molar-refractivity contribution < 1.29 is 4.79 Å². The smallest absolute Gasteiger partial charge is 0.244 e. The molecule has 5 heteroatoms. The Bertz CT molecular complexity index is 576. The third kappa shape index (κ3) is 4.19. The third-order valence-corrected chi connectivity index (χ3v) is 3.73. The predicted molar refractivity (Wildman–Crippen MR) is 79.8 cm³/mol. The van der Waals surface area contributed by atoms with Crippen LogP contribution in [0.25, 0.3) is 0 Å². The molecule has 0 radical (unpaired) electrons. The van der Waals surface area contributed by atoms with E-state index in [1.54, 1.807) is 23.5 Å². The lowest BCUT2D eigenvalue weighted by atomic mass is 10.1. The minimum atomic E-state index is -0.141. The van der Waals surface area contributed by atoms with Crippen LogP contribution in [0, 0.1) is 0 Å². The van der Waals surface area contributed by atoms with Crippen LogP contribution in [0.4, 0.5) is 0 Å². The summed E-state index contributed by atoms with van der Waals surface area (Å²) in [7, 11) is 0. The number of nitrogens with zero attached hydrogens (tertiary/aromatic N) is 1. The van der Waals surface area contributed by atoms with E-state index in [1.807, 2.05) is 36.6 Å². The molecule has 0 aliphatic heterocycles. The van der Waals surface area contributed by atoms with E-state index in [0.717, 1.165) is 16.2 Å². The molecule has 0 saturated heterocycles. The van der Waals surface area contributed by atoms with Gasteiger partial charge in [0.2, 0.25) is 5.91 Å². The summed E-state index contributed by atoms with van der Waals surface area (Å²) in [4.78, 5) is 12.8. The van der Waals surface area contributed by atoms with E-state index in [9.17, 15) is 4.79 Å². The van der Waals surface area contributed by atoms with Gasteiger partial charge in [0.05, 0.1) is 12.1 Å². The van der Waals surface area contributed by atoms with Crippen molar-refractivity contribution in [1.82, 2.24) is 5.43 Å². The Hall–Kier alpha value is -1.65. The van der Waals surface area contributed by atoms with Gasteiger partial charge in [0.1, 0.15) is 0 Å². The van der Waals surface area contributed by atoms with Crippen molar-refractivity contribution in [2.45, 2.75) is 13.3 Å². The molecule has 1 aromatic heterocycles. The zero-order valence-electron chi connectivity index (χ0n) is 10.4. The molecule has 1 heterocycles. The molecule has 0 spiro atoms. The minimum Gasteiger partial charge on any atom is -0.273 e. The van der Waals surface area contributed by atoms with Crippen LogP contribution in [0.5, 0.6) is 0 Å². The van der Waals surface area contributed by atoms with E-state index < -0.39 is 0 Å². The highest BCUT2D eigenvalue weighted by Gasteiger charge is 2.03. The second kappa shape index (κ2) is 6.50. The van der Waals surface area contributed by atoms with Crippen LogP contribution in [0.2, 0.25) is 5.02 Å². The Balaban J connectivity index is 1.91. The van der Waals surface area contributed by atoms with Crippen molar-refractivity contribution in [2.24, 2.45) is 5.10 Å². The molecule has 0 saturated carbocycles. The summed E-state index contributed by atoms with van der Waals surface area (Å²) in [5.41, 5.74) is 4.27. The van der Waals surface area contributed by atoms with Crippen molar-refractivity contribution in [3.8, 4) is 0 Å². The van der Waals surface area contributed by atoms with Crippen LogP contribution in [0.3, 0.4) is 0 Å². The van der Waals surface area contributed by atoms with Crippen molar-refractivity contribution in [1.29, 1.82) is 0 Å². The molecule has 0 fully saturated rings. The van der Waals surface area contributed by atoms with Crippen LogP contribution < -0.4 is 5.43 Å². The van der Waals surface area contributed by atoms with Crippen molar-refractivity contribution in [2.75, 3.05) is 0 Å². The lowest BCUT2D eigenvalue weighted by Crippen LogP contribution is -2.21. The molecule has 0 atom stereocenters. The molecule has 1 amide bonds. The third-order valence-electron chi connectivity index (χ3n) is 2.50. The fraction of sp³-hybridized carbons (Fsp3) is 0.143. The van der Waals surface area contributed by atoms with Crippen LogP contribution in [-0.2, 0) is 11.2 Å². The van der Waals surface area contributed by atoms with E-state index in [2.05, 4.69) is 10.5 Å². The molecule has 98 valence electrons. The quantitative estimate of drug-likeness (QED) is 0.680. The summed E-state index contributed by atoms with van der Waals surface area (Å²) >= 11 is 7.38. The van der Waals surface area contributed by atoms with Gasteiger partial charge in [-0.2, -0.15) is 5.10 Å². The number of hydrogen-bond donors (Lipinski definition) is 1. The number of rotatable bonds is 4. The molecule has 0 aliphatic carbocycles.